The van der Waals surface area contributed by atoms with Crippen LogP contribution in [0.4, 0.5) is 0 Å². The highest BCUT2D eigenvalue weighted by molar-refractivity contribution is 5.92. The van der Waals surface area contributed by atoms with E-state index in [2.05, 4.69) is 4.90 Å². The van der Waals surface area contributed by atoms with E-state index >= 15 is 0 Å². The van der Waals surface area contributed by atoms with Crippen molar-refractivity contribution < 1.29 is 19.4 Å². The van der Waals surface area contributed by atoms with E-state index in [0.717, 1.165) is 37.4 Å². The lowest BCUT2D eigenvalue weighted by Gasteiger charge is -2.34. The van der Waals surface area contributed by atoms with Crippen molar-refractivity contribution in [1.29, 1.82) is 0 Å². The predicted octanol–water partition coefficient (Wildman–Crippen LogP) is 1.25. The standard InChI is InChI=1S/C18H28N2O4/c1-2-16-14(10-19-6-3-4-7-19)9-17(24-16)18(23)20-8-5-13(12-21)15(22)11-20/h9,13,15,21-22H,2-8,10-12H2,1H3/t13-,15-/m1/s1. The van der Waals surface area contributed by atoms with Crippen LogP contribution in [-0.2, 0) is 13.0 Å². The Morgan fingerprint density at radius 3 is 2.71 bits per heavy atom. The number of aliphatic hydroxyl groups is 2. The summed E-state index contributed by atoms with van der Waals surface area (Å²) in [6.45, 7) is 5.87. The minimum absolute atomic E-state index is 0.0378. The van der Waals surface area contributed by atoms with Gasteiger partial charge in [0.25, 0.3) is 5.91 Å². The molecule has 134 valence electrons. The topological polar surface area (TPSA) is 77.2 Å². The second-order valence-corrected chi connectivity index (χ2v) is 6.95. The molecule has 1 amide bonds. The van der Waals surface area contributed by atoms with Crippen LogP contribution in [-0.4, -0.2) is 64.8 Å². The molecule has 2 atom stereocenters. The van der Waals surface area contributed by atoms with Gasteiger partial charge in [-0.2, -0.15) is 0 Å². The molecule has 0 bridgehead atoms. The van der Waals surface area contributed by atoms with Gasteiger partial charge in [-0.25, -0.2) is 0 Å². The summed E-state index contributed by atoms with van der Waals surface area (Å²) >= 11 is 0. The molecule has 0 aliphatic carbocycles. The molecule has 2 N–H and O–H groups in total. The maximum absolute atomic E-state index is 12.7. The van der Waals surface area contributed by atoms with Crippen LogP contribution in [0.2, 0.25) is 0 Å². The molecule has 0 radical (unpaired) electrons. The largest absolute Gasteiger partial charge is 0.456 e. The lowest BCUT2D eigenvalue weighted by atomic mass is 9.94. The zero-order valence-corrected chi connectivity index (χ0v) is 14.4. The van der Waals surface area contributed by atoms with E-state index in [-0.39, 0.29) is 25.0 Å². The average Bonchev–Trinajstić information content (AvgIpc) is 3.24. The number of nitrogens with zero attached hydrogens (tertiary/aromatic N) is 2. The Morgan fingerprint density at radius 2 is 2.08 bits per heavy atom. The van der Waals surface area contributed by atoms with Crippen molar-refractivity contribution in [3.05, 3.63) is 23.2 Å². The van der Waals surface area contributed by atoms with E-state index in [1.54, 1.807) is 4.90 Å². The van der Waals surface area contributed by atoms with E-state index < -0.39 is 6.10 Å². The maximum atomic E-state index is 12.7. The molecule has 2 aliphatic heterocycles. The van der Waals surface area contributed by atoms with Gasteiger partial charge in [-0.3, -0.25) is 9.69 Å². The number of furan rings is 1. The Hall–Kier alpha value is -1.37. The van der Waals surface area contributed by atoms with Crippen LogP contribution in [0.5, 0.6) is 0 Å². The monoisotopic (exact) mass is 336 g/mol. The molecule has 0 unspecified atom stereocenters. The summed E-state index contributed by atoms with van der Waals surface area (Å²) in [7, 11) is 0. The smallest absolute Gasteiger partial charge is 0.289 e. The van der Waals surface area contributed by atoms with Crippen molar-refractivity contribution in [3.8, 4) is 0 Å². The molecule has 6 nitrogen and oxygen atoms in total. The second kappa shape index (κ2) is 7.68. The Kier molecular flexibility index (Phi) is 5.58. The number of aliphatic hydroxyl groups excluding tert-OH is 2. The molecule has 1 aromatic rings. The molecule has 0 aromatic carbocycles. The molecule has 2 fully saturated rings. The van der Waals surface area contributed by atoms with Gasteiger partial charge in [-0.1, -0.05) is 6.92 Å². The summed E-state index contributed by atoms with van der Waals surface area (Å²) < 4.78 is 5.83. The van der Waals surface area contributed by atoms with Crippen LogP contribution in [0.25, 0.3) is 0 Å². The number of likely N-dealkylation sites (tertiary alicyclic amines) is 2. The summed E-state index contributed by atoms with van der Waals surface area (Å²) in [6, 6.07) is 1.88. The van der Waals surface area contributed by atoms with Crippen molar-refractivity contribution in [2.45, 2.75) is 45.3 Å². The molecule has 1 aromatic heterocycles. The number of carbonyl (C=O) groups excluding carboxylic acids is 1. The van der Waals surface area contributed by atoms with Gasteiger partial charge in [0.1, 0.15) is 5.76 Å². The van der Waals surface area contributed by atoms with Gasteiger partial charge in [-0.15, -0.1) is 0 Å². The third-order valence-electron chi connectivity index (χ3n) is 5.26. The summed E-state index contributed by atoms with van der Waals surface area (Å²) in [5.41, 5.74) is 1.11. The van der Waals surface area contributed by atoms with E-state index in [1.165, 1.54) is 12.8 Å². The Balaban J connectivity index is 1.69. The number of rotatable bonds is 5. The fraction of sp³-hybridized carbons (Fsp3) is 0.722. The van der Waals surface area contributed by atoms with Crippen molar-refractivity contribution >= 4 is 5.91 Å². The summed E-state index contributed by atoms with van der Waals surface area (Å²) in [5.74, 6) is 0.960. The molecular formula is C18H28N2O4. The quantitative estimate of drug-likeness (QED) is 0.846. The molecule has 2 aliphatic rings. The molecule has 24 heavy (non-hydrogen) atoms. The fourth-order valence-corrected chi connectivity index (χ4v) is 3.72. The van der Waals surface area contributed by atoms with Crippen LogP contribution < -0.4 is 0 Å². The van der Waals surface area contributed by atoms with Crippen molar-refractivity contribution in [3.63, 3.8) is 0 Å². The fourth-order valence-electron chi connectivity index (χ4n) is 3.72. The molecular weight excluding hydrogens is 308 g/mol. The molecule has 3 heterocycles. The zero-order chi connectivity index (χ0) is 17.1. The van der Waals surface area contributed by atoms with Gasteiger partial charge in [-0.05, 0) is 38.4 Å². The normalized spacial score (nSPS) is 25.4. The molecule has 6 heteroatoms. The lowest BCUT2D eigenvalue weighted by molar-refractivity contribution is -0.000272. The third kappa shape index (κ3) is 3.66. The summed E-state index contributed by atoms with van der Waals surface area (Å²) in [4.78, 5) is 16.7. The Morgan fingerprint density at radius 1 is 1.33 bits per heavy atom. The van der Waals surface area contributed by atoms with Gasteiger partial charge >= 0.3 is 0 Å². The highest BCUT2D eigenvalue weighted by Gasteiger charge is 2.31. The van der Waals surface area contributed by atoms with Crippen molar-refractivity contribution in [1.82, 2.24) is 9.80 Å². The van der Waals surface area contributed by atoms with Crippen LogP contribution in [0.3, 0.4) is 0 Å². The van der Waals surface area contributed by atoms with Crippen molar-refractivity contribution in [2.75, 3.05) is 32.8 Å². The number of amides is 1. The van der Waals surface area contributed by atoms with E-state index in [4.69, 9.17) is 4.42 Å². The predicted molar refractivity (Wildman–Crippen MR) is 89.7 cm³/mol. The highest BCUT2D eigenvalue weighted by atomic mass is 16.4. The minimum atomic E-state index is -0.669. The number of aryl methyl sites for hydroxylation is 1. The number of piperidine rings is 1. The first kappa shape index (κ1) is 17.5. The van der Waals surface area contributed by atoms with Gasteiger partial charge in [0.15, 0.2) is 5.76 Å². The zero-order valence-electron chi connectivity index (χ0n) is 14.4. The first-order valence-electron chi connectivity index (χ1n) is 9.04. The molecule has 0 saturated carbocycles. The van der Waals surface area contributed by atoms with Gasteiger partial charge in [0, 0.05) is 44.1 Å². The van der Waals surface area contributed by atoms with Crippen LogP contribution in [0, 0.1) is 5.92 Å². The minimum Gasteiger partial charge on any atom is -0.456 e. The van der Waals surface area contributed by atoms with Gasteiger partial charge in [0.2, 0.25) is 0 Å². The van der Waals surface area contributed by atoms with Crippen molar-refractivity contribution in [2.24, 2.45) is 5.92 Å². The number of hydrogen-bond donors (Lipinski definition) is 2. The average molecular weight is 336 g/mol. The Bertz CT molecular complexity index is 565. The first-order chi connectivity index (χ1) is 11.6. The first-order valence-corrected chi connectivity index (χ1v) is 9.04. The van der Waals surface area contributed by atoms with Gasteiger partial charge < -0.3 is 19.5 Å². The SMILES string of the molecule is CCc1oc(C(=O)N2CC[C@H](CO)[C@H](O)C2)cc1CN1CCCC1. The number of β-amino-alcohol motifs (C(OH)–C–C–N with tert-alkyl or cyclic N) is 1. The van der Waals surface area contributed by atoms with Crippen LogP contribution in [0.1, 0.15) is 48.1 Å². The molecule has 3 rings (SSSR count). The van der Waals surface area contributed by atoms with Gasteiger partial charge in [0.05, 0.1) is 6.10 Å². The van der Waals surface area contributed by atoms with Crippen LogP contribution in [0.15, 0.2) is 10.5 Å². The third-order valence-corrected chi connectivity index (χ3v) is 5.26. The van der Waals surface area contributed by atoms with E-state index in [1.807, 2.05) is 13.0 Å². The van der Waals surface area contributed by atoms with E-state index in [9.17, 15) is 15.0 Å². The maximum Gasteiger partial charge on any atom is 0.289 e. The molecule has 2 saturated heterocycles. The van der Waals surface area contributed by atoms with E-state index in [0.29, 0.717) is 18.7 Å². The van der Waals surface area contributed by atoms with Crippen LogP contribution >= 0.6 is 0 Å². The summed E-state index contributed by atoms with van der Waals surface area (Å²) in [6.07, 6.45) is 3.19. The summed E-state index contributed by atoms with van der Waals surface area (Å²) in [5, 5.41) is 19.3. The number of hydrogen-bond acceptors (Lipinski definition) is 5. The lowest BCUT2D eigenvalue weighted by Crippen LogP contribution is -2.47. The highest BCUT2D eigenvalue weighted by Crippen LogP contribution is 2.24. The molecule has 0 spiro atoms. The Labute approximate surface area is 143 Å². The number of carbonyl (C=O) groups is 1. The second-order valence-electron chi connectivity index (χ2n) is 6.95.